The van der Waals surface area contributed by atoms with Crippen LogP contribution in [0.1, 0.15) is 51.4 Å². The summed E-state index contributed by atoms with van der Waals surface area (Å²) in [5.74, 6) is 0.241. The Hall–Kier alpha value is -1.90. The molecule has 1 unspecified atom stereocenters. The average Bonchev–Trinajstić information content (AvgIpc) is 2.66. The number of guanidine groups is 1. The molecule has 2 heterocycles. The first-order valence-electron chi connectivity index (χ1n) is 9.38. The van der Waals surface area contributed by atoms with Crippen molar-refractivity contribution in [1.29, 1.82) is 0 Å². The van der Waals surface area contributed by atoms with E-state index in [0.29, 0.717) is 30.7 Å². The highest BCUT2D eigenvalue weighted by Crippen LogP contribution is 2.13. The van der Waals surface area contributed by atoms with E-state index in [0.717, 1.165) is 50.6 Å². The summed E-state index contributed by atoms with van der Waals surface area (Å²) in [6.07, 6.45) is 8.35. The summed E-state index contributed by atoms with van der Waals surface area (Å²) in [6.45, 7) is 1.32. The van der Waals surface area contributed by atoms with E-state index in [1.165, 1.54) is 0 Å². The third kappa shape index (κ3) is 9.55. The van der Waals surface area contributed by atoms with Crippen molar-refractivity contribution in [2.45, 2.75) is 57.7 Å². The van der Waals surface area contributed by atoms with Crippen LogP contribution in [-0.2, 0) is 14.4 Å². The Kier molecular flexibility index (Phi) is 9.89. The first-order chi connectivity index (χ1) is 13.1. The summed E-state index contributed by atoms with van der Waals surface area (Å²) in [7, 11) is 0. The second-order valence-corrected chi connectivity index (χ2v) is 6.75. The number of carbonyl (C=O) groups is 1. The van der Waals surface area contributed by atoms with E-state index in [9.17, 15) is 4.79 Å². The number of unbranched alkanes of at least 4 members (excludes halogenated alkanes) is 3. The molecule has 1 atom stereocenters. The quantitative estimate of drug-likeness (QED) is 0.184. The van der Waals surface area contributed by atoms with Crippen molar-refractivity contribution < 1.29 is 14.4 Å². The zero-order valence-electron chi connectivity index (χ0n) is 15.5. The first-order valence-corrected chi connectivity index (χ1v) is 9.76. The summed E-state index contributed by atoms with van der Waals surface area (Å²) in [5.41, 5.74) is 9.05. The highest BCUT2D eigenvalue weighted by Gasteiger charge is 2.15. The summed E-state index contributed by atoms with van der Waals surface area (Å²) in [5, 5.41) is 3.36. The van der Waals surface area contributed by atoms with E-state index in [2.05, 4.69) is 20.8 Å². The van der Waals surface area contributed by atoms with Gasteiger partial charge in [-0.1, -0.05) is 24.4 Å². The number of amides is 1. The monoisotopic (exact) mass is 397 g/mol. The van der Waals surface area contributed by atoms with Gasteiger partial charge in [0.1, 0.15) is 5.15 Å². The summed E-state index contributed by atoms with van der Waals surface area (Å²) < 4.78 is 5.39. The maximum Gasteiger partial charge on any atom is 0.243 e. The van der Waals surface area contributed by atoms with Gasteiger partial charge in [0.2, 0.25) is 5.91 Å². The SMILES string of the molecule is NC(=NCCCCCCC(=O)NOC1CCCCO1)Nc1ccnc(Cl)c1. The molecule has 1 saturated heterocycles. The van der Waals surface area contributed by atoms with Gasteiger partial charge >= 0.3 is 0 Å². The van der Waals surface area contributed by atoms with Gasteiger partial charge < -0.3 is 15.8 Å². The number of ether oxygens (including phenoxy) is 1. The lowest BCUT2D eigenvalue weighted by Gasteiger charge is -2.22. The number of aliphatic imine (C=N–C) groups is 1. The lowest BCUT2D eigenvalue weighted by molar-refractivity contribution is -0.200. The number of rotatable bonds is 10. The Morgan fingerprint density at radius 1 is 1.37 bits per heavy atom. The summed E-state index contributed by atoms with van der Waals surface area (Å²) in [6, 6.07) is 3.45. The molecule has 27 heavy (non-hydrogen) atoms. The fraction of sp³-hybridized carbons (Fsp3) is 0.611. The van der Waals surface area contributed by atoms with Gasteiger partial charge in [-0.25, -0.2) is 15.3 Å². The second-order valence-electron chi connectivity index (χ2n) is 6.36. The maximum absolute atomic E-state index is 11.7. The van der Waals surface area contributed by atoms with Crippen molar-refractivity contribution in [3.63, 3.8) is 0 Å². The summed E-state index contributed by atoms with van der Waals surface area (Å²) in [4.78, 5) is 25.1. The molecule has 1 amide bonds. The third-order valence-corrected chi connectivity index (χ3v) is 4.24. The zero-order valence-corrected chi connectivity index (χ0v) is 16.2. The number of carbonyl (C=O) groups excluding carboxylic acids is 1. The van der Waals surface area contributed by atoms with Gasteiger partial charge in [-0.05, 0) is 37.8 Å². The van der Waals surface area contributed by atoms with Gasteiger partial charge in [0, 0.05) is 37.9 Å². The van der Waals surface area contributed by atoms with Crippen molar-refractivity contribution in [1.82, 2.24) is 10.5 Å². The number of nitrogens with zero attached hydrogens (tertiary/aromatic N) is 2. The number of nitrogens with one attached hydrogen (secondary N) is 2. The molecule has 150 valence electrons. The number of hydroxylamine groups is 1. The molecule has 1 aromatic heterocycles. The molecule has 1 aliphatic heterocycles. The highest BCUT2D eigenvalue weighted by atomic mass is 35.5. The normalized spacial score (nSPS) is 17.5. The molecule has 4 N–H and O–H groups in total. The Bertz CT molecular complexity index is 608. The van der Waals surface area contributed by atoms with Crippen LogP contribution in [0.25, 0.3) is 0 Å². The summed E-state index contributed by atoms with van der Waals surface area (Å²) >= 11 is 5.81. The van der Waals surface area contributed by atoms with E-state index in [-0.39, 0.29) is 12.2 Å². The maximum atomic E-state index is 11.7. The van der Waals surface area contributed by atoms with E-state index in [1.54, 1.807) is 18.3 Å². The third-order valence-electron chi connectivity index (χ3n) is 4.04. The van der Waals surface area contributed by atoms with Crippen LogP contribution >= 0.6 is 11.6 Å². The lowest BCUT2D eigenvalue weighted by Crippen LogP contribution is -2.32. The Morgan fingerprint density at radius 3 is 3.00 bits per heavy atom. The molecule has 2 rings (SSSR count). The van der Waals surface area contributed by atoms with Crippen LogP contribution in [0.5, 0.6) is 0 Å². The lowest BCUT2D eigenvalue weighted by atomic mass is 10.1. The van der Waals surface area contributed by atoms with Gasteiger partial charge in [0.25, 0.3) is 0 Å². The van der Waals surface area contributed by atoms with Crippen LogP contribution in [0.2, 0.25) is 5.15 Å². The molecule has 1 aromatic rings. The van der Waals surface area contributed by atoms with Gasteiger partial charge in [-0.3, -0.25) is 9.79 Å². The average molecular weight is 398 g/mol. The molecular formula is C18H28ClN5O3. The van der Waals surface area contributed by atoms with E-state index >= 15 is 0 Å². The molecule has 0 radical (unpaired) electrons. The predicted molar refractivity (Wildman–Crippen MR) is 105 cm³/mol. The van der Waals surface area contributed by atoms with E-state index < -0.39 is 0 Å². The molecule has 1 fully saturated rings. The van der Waals surface area contributed by atoms with E-state index in [4.69, 9.17) is 26.9 Å². The van der Waals surface area contributed by atoms with Crippen LogP contribution in [0, 0.1) is 0 Å². The molecule has 0 spiro atoms. The Balaban J connectivity index is 1.47. The predicted octanol–water partition coefficient (Wildman–Crippen LogP) is 2.99. The fourth-order valence-electron chi connectivity index (χ4n) is 2.60. The van der Waals surface area contributed by atoms with E-state index in [1.807, 2.05) is 0 Å². The topological polar surface area (TPSA) is 111 Å². The minimum atomic E-state index is -0.303. The Labute approximate surface area is 164 Å². The number of anilines is 1. The van der Waals surface area contributed by atoms with Crippen molar-refractivity contribution >= 4 is 29.2 Å². The molecule has 0 bridgehead atoms. The number of halogens is 1. The Morgan fingerprint density at radius 2 is 2.22 bits per heavy atom. The molecular weight excluding hydrogens is 370 g/mol. The minimum absolute atomic E-state index is 0.105. The van der Waals surface area contributed by atoms with Crippen LogP contribution in [0.15, 0.2) is 23.3 Å². The minimum Gasteiger partial charge on any atom is -0.370 e. The first kappa shape index (κ1) is 21.4. The molecule has 0 aliphatic carbocycles. The number of hydrogen-bond donors (Lipinski definition) is 3. The highest BCUT2D eigenvalue weighted by molar-refractivity contribution is 6.29. The van der Waals surface area contributed by atoms with Gasteiger partial charge in [-0.2, -0.15) is 0 Å². The van der Waals surface area contributed by atoms with Gasteiger partial charge in [0.15, 0.2) is 12.2 Å². The van der Waals surface area contributed by atoms with Crippen molar-refractivity contribution in [2.24, 2.45) is 10.7 Å². The number of pyridine rings is 1. The van der Waals surface area contributed by atoms with Crippen molar-refractivity contribution in [2.75, 3.05) is 18.5 Å². The standard InChI is InChI=1S/C18H28ClN5O3/c19-15-13-14(9-11-21-15)23-18(20)22-10-5-2-1-3-7-16(25)24-27-17-8-4-6-12-26-17/h9,11,13,17H,1-8,10,12H2,(H,24,25)(H3,20,21,22,23). The smallest absolute Gasteiger partial charge is 0.243 e. The molecule has 1 aliphatic rings. The van der Waals surface area contributed by atoms with Gasteiger partial charge in [-0.15, -0.1) is 0 Å². The number of aromatic nitrogens is 1. The van der Waals surface area contributed by atoms with Crippen LogP contribution in [-0.4, -0.2) is 36.3 Å². The number of nitrogens with two attached hydrogens (primary N) is 1. The molecule has 0 saturated carbocycles. The van der Waals surface area contributed by atoms with Gasteiger partial charge in [0.05, 0.1) is 0 Å². The van der Waals surface area contributed by atoms with Crippen molar-refractivity contribution in [3.8, 4) is 0 Å². The number of hydrogen-bond acceptors (Lipinski definition) is 5. The van der Waals surface area contributed by atoms with Crippen molar-refractivity contribution in [3.05, 3.63) is 23.5 Å². The zero-order chi connectivity index (χ0) is 19.3. The molecule has 8 nitrogen and oxygen atoms in total. The largest absolute Gasteiger partial charge is 0.370 e. The second kappa shape index (κ2) is 12.5. The molecule has 0 aromatic carbocycles. The van der Waals surface area contributed by atoms with Crippen LogP contribution in [0.4, 0.5) is 5.69 Å². The molecule has 9 heteroatoms. The fourth-order valence-corrected chi connectivity index (χ4v) is 2.78. The van der Waals surface area contributed by atoms with Crippen LogP contribution in [0.3, 0.4) is 0 Å². The van der Waals surface area contributed by atoms with Crippen LogP contribution < -0.4 is 16.5 Å².